The quantitative estimate of drug-likeness (QED) is 0.432. The van der Waals surface area contributed by atoms with Gasteiger partial charge in [0.1, 0.15) is 11.5 Å². The van der Waals surface area contributed by atoms with Crippen molar-refractivity contribution < 1.29 is 32.4 Å². The maximum absolute atomic E-state index is 13.7. The van der Waals surface area contributed by atoms with Crippen molar-refractivity contribution in [1.82, 2.24) is 10.1 Å². The van der Waals surface area contributed by atoms with Crippen LogP contribution in [0.15, 0.2) is 47.4 Å². The fraction of sp³-hybridized carbons (Fsp3) is 0.370. The van der Waals surface area contributed by atoms with Gasteiger partial charge in [0.25, 0.3) is 0 Å². The monoisotopic (exact) mass is 539 g/mol. The van der Waals surface area contributed by atoms with Crippen LogP contribution in [-0.2, 0) is 32.9 Å². The highest BCUT2D eigenvalue weighted by Crippen LogP contribution is 2.38. The second-order valence-corrected chi connectivity index (χ2v) is 11.7. The number of benzene rings is 1. The molecule has 10 nitrogen and oxygen atoms in total. The Morgan fingerprint density at radius 1 is 1.16 bits per heavy atom. The molecule has 1 aliphatic carbocycles. The normalized spacial score (nSPS) is 17.0. The van der Waals surface area contributed by atoms with E-state index in [1.807, 2.05) is 13.8 Å². The molecule has 0 aliphatic heterocycles. The summed E-state index contributed by atoms with van der Waals surface area (Å²) in [5, 5.41) is 7.28. The summed E-state index contributed by atoms with van der Waals surface area (Å²) in [6.45, 7) is 5.27. The largest absolute Gasteiger partial charge is 0.447 e. The number of aromatic nitrogens is 3. The Balaban J connectivity index is 1.53. The standard InChI is InChI=1S/C27H30N4O6S/c1-6-38(34,35)19-9-7-18(8-10-19)16-23(32)29-22-15-17(2)25-20(28-22)13-14-27(3,26(25)33)21-11-12-24(36-4)31(30-21)37-5/h7-12,15H,6,13-14,16H2,1-5H3/p+1. The number of aryl methyl sites for hydroxylation is 2. The maximum Gasteiger partial charge on any atom is 0.447 e. The Morgan fingerprint density at radius 3 is 2.50 bits per heavy atom. The van der Waals surface area contributed by atoms with Crippen LogP contribution in [0.2, 0.25) is 0 Å². The number of rotatable bonds is 8. The van der Waals surface area contributed by atoms with Crippen LogP contribution in [0.5, 0.6) is 5.88 Å². The third kappa shape index (κ3) is 5.10. The predicted molar refractivity (Wildman–Crippen MR) is 139 cm³/mol. The van der Waals surface area contributed by atoms with E-state index in [2.05, 4.69) is 15.4 Å². The van der Waals surface area contributed by atoms with Gasteiger partial charge in [0.15, 0.2) is 27.6 Å². The van der Waals surface area contributed by atoms with Gasteiger partial charge in [-0.15, -0.1) is 0 Å². The molecule has 0 radical (unpaired) electrons. The lowest BCUT2D eigenvalue weighted by Crippen LogP contribution is -2.49. The number of nitrogens with one attached hydrogen (secondary N) is 1. The number of carbonyl (C=O) groups excluding carboxylic acids is 2. The van der Waals surface area contributed by atoms with Crippen molar-refractivity contribution >= 4 is 27.3 Å². The first-order chi connectivity index (χ1) is 18.0. The minimum absolute atomic E-state index is 0.0155. The molecular formula is C27H31N4O6S+. The number of methoxy groups -OCH3 is 1. The molecule has 0 spiro atoms. The molecule has 1 aromatic carbocycles. The molecule has 1 N–H and O–H groups in total. The fourth-order valence-electron chi connectivity index (χ4n) is 4.62. The minimum Gasteiger partial charge on any atom is -0.443 e. The van der Waals surface area contributed by atoms with Crippen molar-refractivity contribution in [3.05, 3.63) is 70.5 Å². The van der Waals surface area contributed by atoms with Gasteiger partial charge in [0.2, 0.25) is 5.91 Å². The van der Waals surface area contributed by atoms with E-state index in [0.717, 1.165) is 0 Å². The van der Waals surface area contributed by atoms with Crippen LogP contribution in [0.3, 0.4) is 0 Å². The van der Waals surface area contributed by atoms with Crippen LogP contribution in [0, 0.1) is 6.92 Å². The molecule has 38 heavy (non-hydrogen) atoms. The molecule has 0 saturated heterocycles. The summed E-state index contributed by atoms with van der Waals surface area (Å²) in [5.74, 6) is 0.406. The van der Waals surface area contributed by atoms with Gasteiger partial charge in [-0.2, -0.15) is 0 Å². The molecule has 1 unspecified atom stereocenters. The predicted octanol–water partition coefficient (Wildman–Crippen LogP) is 2.20. The smallest absolute Gasteiger partial charge is 0.443 e. The highest BCUT2D eigenvalue weighted by molar-refractivity contribution is 7.91. The van der Waals surface area contributed by atoms with Crippen molar-refractivity contribution in [2.24, 2.45) is 0 Å². The van der Waals surface area contributed by atoms with E-state index >= 15 is 0 Å². The Kier molecular flexibility index (Phi) is 7.50. The van der Waals surface area contributed by atoms with Gasteiger partial charge in [0, 0.05) is 5.56 Å². The Bertz CT molecular complexity index is 1500. The molecule has 2 aromatic heterocycles. The fourth-order valence-corrected chi connectivity index (χ4v) is 5.50. The van der Waals surface area contributed by atoms with Crippen molar-refractivity contribution in [3.63, 3.8) is 0 Å². The van der Waals surface area contributed by atoms with Gasteiger partial charge in [-0.25, -0.2) is 18.2 Å². The number of sulfone groups is 1. The summed E-state index contributed by atoms with van der Waals surface area (Å²) < 4.78 is 29.2. The number of Topliss-reactive ketones (excluding diaryl/α,β-unsaturated/α-hetero) is 1. The number of amides is 1. The van der Waals surface area contributed by atoms with Gasteiger partial charge < -0.3 is 10.1 Å². The van der Waals surface area contributed by atoms with E-state index in [-0.39, 0.29) is 28.8 Å². The molecule has 3 aromatic rings. The van der Waals surface area contributed by atoms with Crippen LogP contribution in [-0.4, -0.2) is 50.2 Å². The van der Waals surface area contributed by atoms with E-state index < -0.39 is 15.3 Å². The number of pyridine rings is 1. The van der Waals surface area contributed by atoms with Crippen LogP contribution < -0.4 is 19.7 Å². The van der Waals surface area contributed by atoms with Crippen molar-refractivity contribution in [2.45, 2.75) is 50.3 Å². The molecule has 0 fully saturated rings. The zero-order valence-corrected chi connectivity index (χ0v) is 22.9. The number of ketones is 1. The summed E-state index contributed by atoms with van der Waals surface area (Å²) >= 11 is 0. The summed E-state index contributed by atoms with van der Waals surface area (Å²) in [6.07, 6.45) is 1.07. The Hall–Kier alpha value is -3.86. The van der Waals surface area contributed by atoms with Crippen LogP contribution in [0.25, 0.3) is 0 Å². The lowest BCUT2D eigenvalue weighted by atomic mass is 9.70. The number of carbonyl (C=O) groups is 2. The number of nitrogens with zero attached hydrogens (tertiary/aromatic N) is 3. The highest BCUT2D eigenvalue weighted by Gasteiger charge is 2.44. The van der Waals surface area contributed by atoms with E-state index in [1.165, 1.54) is 31.2 Å². The Labute approximate surface area is 221 Å². The molecule has 1 aliphatic rings. The second-order valence-electron chi connectivity index (χ2n) is 9.40. The van der Waals surface area contributed by atoms with Gasteiger partial charge in [-0.3, -0.25) is 9.59 Å². The first kappa shape index (κ1) is 27.2. The number of anilines is 1. The summed E-state index contributed by atoms with van der Waals surface area (Å²) in [6, 6.07) is 11.4. The van der Waals surface area contributed by atoms with Crippen LogP contribution in [0.4, 0.5) is 5.82 Å². The molecule has 4 rings (SSSR count). The molecule has 0 saturated carbocycles. The molecular weight excluding hydrogens is 508 g/mol. The van der Waals surface area contributed by atoms with Gasteiger partial charge in [0.05, 0.1) is 46.5 Å². The molecule has 1 atom stereocenters. The van der Waals surface area contributed by atoms with Crippen molar-refractivity contribution in [2.75, 3.05) is 25.3 Å². The average molecular weight is 540 g/mol. The number of hydrogen-bond acceptors (Lipinski definition) is 8. The maximum atomic E-state index is 13.7. The van der Waals surface area contributed by atoms with Gasteiger partial charge >= 0.3 is 5.88 Å². The minimum atomic E-state index is -3.30. The highest BCUT2D eigenvalue weighted by atomic mass is 32.2. The van der Waals surface area contributed by atoms with E-state index in [1.54, 1.807) is 37.3 Å². The number of hydrogen-bond donors (Lipinski definition) is 1. The summed E-state index contributed by atoms with van der Waals surface area (Å²) in [4.78, 5) is 37.7. The third-order valence-electron chi connectivity index (χ3n) is 6.89. The van der Waals surface area contributed by atoms with Crippen LogP contribution >= 0.6 is 0 Å². The first-order valence-corrected chi connectivity index (χ1v) is 13.9. The lowest BCUT2D eigenvalue weighted by molar-refractivity contribution is -0.931. The molecule has 2 heterocycles. The van der Waals surface area contributed by atoms with Gasteiger partial charge in [-0.05, 0) is 62.1 Å². The Morgan fingerprint density at radius 2 is 1.87 bits per heavy atom. The van der Waals surface area contributed by atoms with E-state index in [9.17, 15) is 18.0 Å². The topological polar surface area (TPSA) is 128 Å². The molecule has 200 valence electrons. The zero-order chi connectivity index (χ0) is 27.7. The lowest BCUT2D eigenvalue weighted by Gasteiger charge is -2.32. The number of ether oxygens (including phenoxy) is 1. The molecule has 11 heteroatoms. The van der Waals surface area contributed by atoms with Gasteiger partial charge in [-0.1, -0.05) is 19.1 Å². The first-order valence-electron chi connectivity index (χ1n) is 12.2. The van der Waals surface area contributed by atoms with Crippen molar-refractivity contribution in [1.29, 1.82) is 0 Å². The number of fused-ring (bicyclic) bond motifs is 1. The SMILES string of the molecule is CCS(=O)(=O)c1ccc(CC(=O)Nc2cc(C)c3c(n2)CCC(C)(c2ccc(OC)[n+](OC)n2)C3=O)cc1. The van der Waals surface area contributed by atoms with E-state index in [0.29, 0.717) is 52.6 Å². The third-order valence-corrected chi connectivity index (χ3v) is 8.65. The average Bonchev–Trinajstić information content (AvgIpc) is 2.90. The molecule has 0 bridgehead atoms. The molecule has 1 amide bonds. The second kappa shape index (κ2) is 10.5. The van der Waals surface area contributed by atoms with E-state index in [4.69, 9.17) is 9.57 Å². The summed E-state index contributed by atoms with van der Waals surface area (Å²) in [5.41, 5.74) is 2.23. The van der Waals surface area contributed by atoms with Crippen molar-refractivity contribution in [3.8, 4) is 5.88 Å². The van der Waals surface area contributed by atoms with Crippen LogP contribution in [0.1, 0.15) is 53.1 Å². The zero-order valence-electron chi connectivity index (χ0n) is 22.1. The summed E-state index contributed by atoms with van der Waals surface area (Å²) in [7, 11) is -0.319.